The lowest BCUT2D eigenvalue weighted by atomic mass is 9.98. The van der Waals surface area contributed by atoms with E-state index in [9.17, 15) is 5.11 Å². The number of aromatic hydroxyl groups is 1. The molecule has 0 aliphatic rings. The third kappa shape index (κ3) is 7.60. The molecule has 1 heterocycles. The monoisotopic (exact) mass is 445 g/mol. The van der Waals surface area contributed by atoms with E-state index >= 15 is 0 Å². The number of hydrogen-bond acceptors (Lipinski definition) is 4. The second kappa shape index (κ2) is 11.0. The van der Waals surface area contributed by atoms with Crippen LogP contribution in [-0.4, -0.2) is 23.6 Å². The van der Waals surface area contributed by atoms with Gasteiger partial charge < -0.3 is 9.84 Å². The first kappa shape index (κ1) is 23.7. The molecule has 3 nitrogen and oxygen atoms in total. The molecule has 166 valence electrons. The highest BCUT2D eigenvalue weighted by molar-refractivity contribution is 7.08. The van der Waals surface area contributed by atoms with Gasteiger partial charge >= 0.3 is 0 Å². The lowest BCUT2D eigenvalue weighted by molar-refractivity contribution is 0.287. The Hall–Kier alpha value is -3.00. The number of thiophene rings is 1. The molecule has 0 saturated heterocycles. The Morgan fingerprint density at radius 3 is 2.66 bits per heavy atom. The average Bonchev–Trinajstić information content (AvgIpc) is 3.28. The van der Waals surface area contributed by atoms with Gasteiger partial charge in [-0.2, -0.15) is 11.3 Å². The van der Waals surface area contributed by atoms with Crippen LogP contribution in [0.15, 0.2) is 71.4 Å². The van der Waals surface area contributed by atoms with Crippen LogP contribution in [0.2, 0.25) is 0 Å². The van der Waals surface area contributed by atoms with Crippen LogP contribution in [0.1, 0.15) is 31.9 Å². The summed E-state index contributed by atoms with van der Waals surface area (Å²) in [6.07, 6.45) is 3.98. The van der Waals surface area contributed by atoms with Gasteiger partial charge in [0.15, 0.2) is 11.5 Å². The van der Waals surface area contributed by atoms with E-state index in [2.05, 4.69) is 79.6 Å². The summed E-state index contributed by atoms with van der Waals surface area (Å²) in [6.45, 7) is 8.26. The fourth-order valence-corrected chi connectivity index (χ4v) is 3.79. The molecule has 0 fully saturated rings. The van der Waals surface area contributed by atoms with Crippen molar-refractivity contribution < 1.29 is 9.84 Å². The van der Waals surface area contributed by atoms with Crippen LogP contribution in [0.4, 0.5) is 0 Å². The number of phenolic OH excluding ortho intramolecular Hbond substituents is 1. The second-order valence-electron chi connectivity index (χ2n) is 8.92. The van der Waals surface area contributed by atoms with Gasteiger partial charge in [-0.3, -0.25) is 4.90 Å². The van der Waals surface area contributed by atoms with E-state index in [-0.39, 0.29) is 11.2 Å². The summed E-state index contributed by atoms with van der Waals surface area (Å²) in [7, 11) is 2.06. The third-order valence-corrected chi connectivity index (χ3v) is 5.40. The molecule has 0 bridgehead atoms. The first-order valence-corrected chi connectivity index (χ1v) is 11.7. The number of nitrogens with zero attached hydrogens (tertiary/aromatic N) is 1. The number of phenols is 1. The Morgan fingerprint density at radius 2 is 1.91 bits per heavy atom. The zero-order valence-electron chi connectivity index (χ0n) is 19.3. The van der Waals surface area contributed by atoms with E-state index in [4.69, 9.17) is 4.74 Å². The Morgan fingerprint density at radius 1 is 1.06 bits per heavy atom. The second-order valence-corrected chi connectivity index (χ2v) is 9.70. The molecule has 1 aromatic heterocycles. The number of benzene rings is 2. The summed E-state index contributed by atoms with van der Waals surface area (Å²) in [5.41, 5.74) is 4.55. The maximum Gasteiger partial charge on any atom is 0.161 e. The molecule has 1 N–H and O–H groups in total. The summed E-state index contributed by atoms with van der Waals surface area (Å²) >= 11 is 1.69. The first-order valence-electron chi connectivity index (χ1n) is 10.7. The van der Waals surface area contributed by atoms with Crippen molar-refractivity contribution in [1.82, 2.24) is 4.90 Å². The number of likely N-dealkylation sites (N-methyl/N-ethyl adjacent to an activating group) is 1. The van der Waals surface area contributed by atoms with Gasteiger partial charge in [0.25, 0.3) is 0 Å². The van der Waals surface area contributed by atoms with Crippen LogP contribution < -0.4 is 4.74 Å². The van der Waals surface area contributed by atoms with Crippen molar-refractivity contribution in [3.8, 4) is 34.5 Å². The highest BCUT2D eigenvalue weighted by Crippen LogP contribution is 2.29. The van der Waals surface area contributed by atoms with E-state index in [1.807, 2.05) is 30.3 Å². The number of hydrogen-bond donors (Lipinski definition) is 1. The van der Waals surface area contributed by atoms with Crippen LogP contribution in [0.25, 0.3) is 11.1 Å². The first-order chi connectivity index (χ1) is 15.3. The van der Waals surface area contributed by atoms with Crippen LogP contribution >= 0.6 is 11.3 Å². The molecule has 0 aliphatic heterocycles. The van der Waals surface area contributed by atoms with Gasteiger partial charge in [0.05, 0.1) is 0 Å². The zero-order valence-corrected chi connectivity index (χ0v) is 20.1. The minimum absolute atomic E-state index is 0.0178. The average molecular weight is 446 g/mol. The number of allylic oxidation sites excluding steroid dienone is 1. The topological polar surface area (TPSA) is 32.7 Å². The molecule has 32 heavy (non-hydrogen) atoms. The van der Waals surface area contributed by atoms with E-state index < -0.39 is 0 Å². The van der Waals surface area contributed by atoms with Crippen molar-refractivity contribution in [2.45, 2.75) is 33.9 Å². The maximum atomic E-state index is 10.3. The molecule has 0 radical (unpaired) electrons. The molecule has 4 heteroatoms. The largest absolute Gasteiger partial charge is 0.504 e. The molecule has 3 rings (SSSR count). The summed E-state index contributed by atoms with van der Waals surface area (Å²) in [5, 5.41) is 14.5. The van der Waals surface area contributed by atoms with Crippen molar-refractivity contribution in [3.05, 3.63) is 82.6 Å². The van der Waals surface area contributed by atoms with E-state index in [1.165, 1.54) is 11.1 Å². The fourth-order valence-electron chi connectivity index (χ4n) is 3.13. The molecule has 0 atom stereocenters. The lowest BCUT2D eigenvalue weighted by Gasteiger charge is -2.16. The van der Waals surface area contributed by atoms with Crippen LogP contribution in [0, 0.1) is 17.3 Å². The van der Waals surface area contributed by atoms with Gasteiger partial charge in [0.1, 0.15) is 6.61 Å². The predicted molar refractivity (Wildman–Crippen MR) is 135 cm³/mol. The summed E-state index contributed by atoms with van der Waals surface area (Å²) in [6, 6.07) is 16.0. The van der Waals surface area contributed by atoms with Crippen LogP contribution in [0.5, 0.6) is 11.5 Å². The highest BCUT2D eigenvalue weighted by Gasteiger charge is 2.08. The lowest BCUT2D eigenvalue weighted by Crippen LogP contribution is -2.17. The standard InChI is InChI=1S/C28H31NO2S/c1-28(2,3)14-6-5-7-15-29(4)19-22-11-12-26(30)27(18-22)31-20-23-9-8-10-24(17-23)25-13-16-32-21-25/h5,7-13,16-18,21,30H,15,19-20H2,1-4H3. The van der Waals surface area contributed by atoms with Gasteiger partial charge in [0, 0.05) is 18.5 Å². The molecule has 0 spiro atoms. The Labute approximate surface area is 196 Å². The minimum atomic E-state index is 0.0178. The molecular weight excluding hydrogens is 414 g/mol. The van der Waals surface area contributed by atoms with Gasteiger partial charge in [-0.15, -0.1) is 0 Å². The van der Waals surface area contributed by atoms with Gasteiger partial charge in [-0.05, 0) is 91.2 Å². The fraction of sp³-hybridized carbons (Fsp3) is 0.286. The normalized spacial score (nSPS) is 11.5. The molecule has 0 aliphatic carbocycles. The summed E-state index contributed by atoms with van der Waals surface area (Å²) in [5.74, 6) is 6.95. The van der Waals surface area contributed by atoms with Gasteiger partial charge in [0.2, 0.25) is 0 Å². The third-order valence-electron chi connectivity index (χ3n) is 4.72. The SMILES string of the molecule is CN(CC=CC#CC(C)(C)C)Cc1ccc(O)c(OCc2cccc(-c3ccsc3)c2)c1. The molecule has 0 saturated carbocycles. The smallest absolute Gasteiger partial charge is 0.161 e. The van der Waals surface area contributed by atoms with Crippen LogP contribution in [-0.2, 0) is 13.2 Å². The van der Waals surface area contributed by atoms with Crippen molar-refractivity contribution in [2.24, 2.45) is 5.41 Å². The molecule has 0 amide bonds. The summed E-state index contributed by atoms with van der Waals surface area (Å²) in [4.78, 5) is 2.19. The van der Waals surface area contributed by atoms with Crippen LogP contribution in [0.3, 0.4) is 0 Å². The van der Waals surface area contributed by atoms with Gasteiger partial charge in [-0.25, -0.2) is 0 Å². The predicted octanol–water partition coefficient (Wildman–Crippen LogP) is 6.74. The Balaban J connectivity index is 1.58. The van der Waals surface area contributed by atoms with Gasteiger partial charge in [-0.1, -0.05) is 42.2 Å². The molecule has 3 aromatic rings. The molecule has 0 unspecified atom stereocenters. The highest BCUT2D eigenvalue weighted by atomic mass is 32.1. The Kier molecular flexibility index (Phi) is 8.16. The van der Waals surface area contributed by atoms with Crippen molar-refractivity contribution in [1.29, 1.82) is 0 Å². The van der Waals surface area contributed by atoms with Crippen molar-refractivity contribution >= 4 is 11.3 Å². The summed E-state index contributed by atoms with van der Waals surface area (Å²) < 4.78 is 5.96. The van der Waals surface area contributed by atoms with E-state index in [1.54, 1.807) is 17.4 Å². The van der Waals surface area contributed by atoms with E-state index in [0.717, 1.165) is 24.2 Å². The number of rotatable bonds is 8. The van der Waals surface area contributed by atoms with Crippen molar-refractivity contribution in [2.75, 3.05) is 13.6 Å². The van der Waals surface area contributed by atoms with Crippen molar-refractivity contribution in [3.63, 3.8) is 0 Å². The molecular formula is C28H31NO2S. The quantitative estimate of drug-likeness (QED) is 0.390. The maximum absolute atomic E-state index is 10.3. The van der Waals surface area contributed by atoms with E-state index in [0.29, 0.717) is 12.4 Å². The minimum Gasteiger partial charge on any atom is -0.504 e. The number of ether oxygens (including phenoxy) is 1. The Bertz CT molecular complexity index is 1100. The molecule has 2 aromatic carbocycles. The zero-order chi connectivity index (χ0) is 23.0.